The number of nitrogens with one attached hydrogen (secondary N) is 1. The van der Waals surface area contributed by atoms with Crippen LogP contribution in [-0.2, 0) is 0 Å². The van der Waals surface area contributed by atoms with Gasteiger partial charge < -0.3 is 15.4 Å². The average Bonchev–Trinajstić information content (AvgIpc) is 2.15. The molecule has 76 valence electrons. The van der Waals surface area contributed by atoms with Gasteiger partial charge in [0.05, 0.1) is 6.54 Å². The van der Waals surface area contributed by atoms with Gasteiger partial charge in [-0.1, -0.05) is 6.07 Å². The number of nitrogens with zero attached hydrogens (tertiary/aromatic N) is 1. The van der Waals surface area contributed by atoms with Crippen LogP contribution in [0, 0.1) is 0 Å². The van der Waals surface area contributed by atoms with Crippen molar-refractivity contribution in [1.82, 2.24) is 4.98 Å². The Kier molecular flexibility index (Phi) is 3.78. The number of halogens is 2. The number of anilines is 1. The van der Waals surface area contributed by atoms with Crippen molar-refractivity contribution in [2.45, 2.75) is 6.43 Å². The first-order valence-corrected chi connectivity index (χ1v) is 3.93. The molecule has 0 saturated carbocycles. The predicted molar refractivity (Wildman–Crippen MR) is 48.6 cm³/mol. The molecule has 0 saturated heterocycles. The van der Waals surface area contributed by atoms with E-state index in [0.717, 1.165) is 0 Å². The third kappa shape index (κ3) is 3.27. The fraction of sp³-hybridized carbons (Fsp3) is 0.286. The van der Waals surface area contributed by atoms with Crippen LogP contribution in [0.4, 0.5) is 14.6 Å². The van der Waals surface area contributed by atoms with E-state index in [9.17, 15) is 8.78 Å². The van der Waals surface area contributed by atoms with E-state index in [0.29, 0.717) is 0 Å². The molecule has 0 aromatic carbocycles. The maximum atomic E-state index is 11.8. The Morgan fingerprint density at radius 2 is 2.14 bits per heavy atom. The zero-order valence-electron chi connectivity index (χ0n) is 7.19. The van der Waals surface area contributed by atoms with Crippen LogP contribution in [0.1, 0.15) is 0 Å². The fourth-order valence-corrected chi connectivity index (χ4v) is 0.844. The Morgan fingerprint density at radius 1 is 1.43 bits per heavy atom. The SMILES string of the molecule is OB(O)c1ccc(NCC(F)F)nc1. The molecule has 0 spiro atoms. The van der Waals surface area contributed by atoms with Crippen molar-refractivity contribution in [3.63, 3.8) is 0 Å². The number of rotatable bonds is 4. The minimum Gasteiger partial charge on any atom is -0.423 e. The van der Waals surface area contributed by atoms with E-state index < -0.39 is 20.1 Å². The number of pyridine rings is 1. The highest BCUT2D eigenvalue weighted by atomic mass is 19.3. The topological polar surface area (TPSA) is 65.4 Å². The lowest BCUT2D eigenvalue weighted by atomic mass is 9.82. The summed E-state index contributed by atoms with van der Waals surface area (Å²) in [6.45, 7) is -0.478. The van der Waals surface area contributed by atoms with Gasteiger partial charge in [0, 0.05) is 11.7 Å². The maximum absolute atomic E-state index is 11.8. The summed E-state index contributed by atoms with van der Waals surface area (Å²) in [5.41, 5.74) is 0.215. The normalized spacial score (nSPS) is 10.4. The van der Waals surface area contributed by atoms with Crippen LogP contribution >= 0.6 is 0 Å². The van der Waals surface area contributed by atoms with Crippen LogP contribution in [-0.4, -0.2) is 35.1 Å². The Morgan fingerprint density at radius 3 is 2.57 bits per heavy atom. The second-order valence-corrected chi connectivity index (χ2v) is 2.62. The smallest absolute Gasteiger partial charge is 0.423 e. The molecule has 1 aromatic heterocycles. The van der Waals surface area contributed by atoms with Crippen molar-refractivity contribution in [2.75, 3.05) is 11.9 Å². The third-order valence-corrected chi connectivity index (χ3v) is 1.52. The van der Waals surface area contributed by atoms with Crippen LogP contribution in [0.3, 0.4) is 0 Å². The minimum atomic E-state index is -2.44. The lowest BCUT2D eigenvalue weighted by Crippen LogP contribution is -2.30. The number of aromatic nitrogens is 1. The minimum absolute atomic E-state index is 0.215. The Labute approximate surface area is 79.7 Å². The molecule has 0 bridgehead atoms. The third-order valence-electron chi connectivity index (χ3n) is 1.52. The highest BCUT2D eigenvalue weighted by Crippen LogP contribution is 2.00. The summed E-state index contributed by atoms with van der Waals surface area (Å²) in [5.74, 6) is 0.273. The van der Waals surface area contributed by atoms with E-state index in [1.807, 2.05) is 0 Å². The van der Waals surface area contributed by atoms with Crippen molar-refractivity contribution < 1.29 is 18.8 Å². The fourth-order valence-electron chi connectivity index (χ4n) is 0.844. The van der Waals surface area contributed by atoms with Crippen molar-refractivity contribution in [3.05, 3.63) is 18.3 Å². The van der Waals surface area contributed by atoms with Gasteiger partial charge >= 0.3 is 7.12 Å². The standard InChI is InChI=1S/C7H9BF2N2O2/c9-6(10)4-12-7-2-1-5(3-11-7)8(13)14/h1-3,6,13-14H,4H2,(H,11,12). The molecule has 0 aliphatic rings. The number of hydrogen-bond donors (Lipinski definition) is 3. The molecule has 3 N–H and O–H groups in total. The second-order valence-electron chi connectivity index (χ2n) is 2.62. The molecule has 1 rings (SSSR count). The second kappa shape index (κ2) is 4.87. The van der Waals surface area contributed by atoms with Gasteiger partial charge in [-0.05, 0) is 6.07 Å². The lowest BCUT2D eigenvalue weighted by Gasteiger charge is -2.05. The van der Waals surface area contributed by atoms with Crippen molar-refractivity contribution >= 4 is 18.4 Å². The zero-order valence-corrected chi connectivity index (χ0v) is 7.19. The average molecular weight is 202 g/mol. The van der Waals surface area contributed by atoms with E-state index in [2.05, 4.69) is 10.3 Å². The Hall–Kier alpha value is -1.21. The molecule has 0 aliphatic carbocycles. The van der Waals surface area contributed by atoms with Gasteiger partial charge in [0.2, 0.25) is 0 Å². The van der Waals surface area contributed by atoms with Crippen molar-refractivity contribution in [2.24, 2.45) is 0 Å². The first-order chi connectivity index (χ1) is 6.59. The molecule has 0 atom stereocenters. The van der Waals surface area contributed by atoms with Crippen LogP contribution in [0.25, 0.3) is 0 Å². The summed E-state index contributed by atoms with van der Waals surface area (Å²) in [5, 5.41) is 19.8. The predicted octanol–water partition coefficient (Wildman–Crippen LogP) is -0.562. The highest BCUT2D eigenvalue weighted by molar-refractivity contribution is 6.58. The van der Waals surface area contributed by atoms with Gasteiger partial charge in [0.1, 0.15) is 5.82 Å². The number of alkyl halides is 2. The summed E-state index contributed by atoms with van der Waals surface area (Å²) in [4.78, 5) is 3.71. The van der Waals surface area contributed by atoms with E-state index in [-0.39, 0.29) is 11.3 Å². The molecular weight excluding hydrogens is 193 g/mol. The highest BCUT2D eigenvalue weighted by Gasteiger charge is 2.10. The van der Waals surface area contributed by atoms with E-state index in [1.165, 1.54) is 18.3 Å². The van der Waals surface area contributed by atoms with Gasteiger partial charge in [0.15, 0.2) is 0 Å². The van der Waals surface area contributed by atoms with Gasteiger partial charge in [-0.15, -0.1) is 0 Å². The Balaban J connectivity index is 2.55. The lowest BCUT2D eigenvalue weighted by molar-refractivity contribution is 0.163. The van der Waals surface area contributed by atoms with Crippen molar-refractivity contribution in [1.29, 1.82) is 0 Å². The van der Waals surface area contributed by atoms with Gasteiger partial charge in [-0.3, -0.25) is 0 Å². The molecule has 7 heteroatoms. The summed E-state index contributed by atoms with van der Waals surface area (Å²) < 4.78 is 23.5. The summed E-state index contributed by atoms with van der Waals surface area (Å²) in [6.07, 6.45) is -1.24. The van der Waals surface area contributed by atoms with Crippen LogP contribution < -0.4 is 10.8 Å². The molecule has 14 heavy (non-hydrogen) atoms. The van der Waals surface area contributed by atoms with Crippen LogP contribution in [0.2, 0.25) is 0 Å². The first kappa shape index (κ1) is 10.9. The zero-order chi connectivity index (χ0) is 10.6. The van der Waals surface area contributed by atoms with Gasteiger partial charge in [0.25, 0.3) is 6.43 Å². The molecule has 0 aliphatic heterocycles. The molecule has 1 heterocycles. The Bertz CT molecular complexity index is 282. The summed E-state index contributed by atoms with van der Waals surface area (Å²) in [6, 6.07) is 2.79. The monoisotopic (exact) mass is 202 g/mol. The molecule has 0 unspecified atom stereocenters. The molecule has 0 amide bonds. The molecule has 0 fully saturated rings. The van der Waals surface area contributed by atoms with Crippen molar-refractivity contribution in [3.8, 4) is 0 Å². The van der Waals surface area contributed by atoms with Gasteiger partial charge in [-0.2, -0.15) is 0 Å². The summed E-state index contributed by atoms with van der Waals surface area (Å²) >= 11 is 0. The molecular formula is C7H9BF2N2O2. The molecule has 1 aromatic rings. The van der Waals surface area contributed by atoms with E-state index in [4.69, 9.17) is 10.0 Å². The van der Waals surface area contributed by atoms with E-state index in [1.54, 1.807) is 0 Å². The van der Waals surface area contributed by atoms with Crippen LogP contribution in [0.5, 0.6) is 0 Å². The largest absolute Gasteiger partial charge is 0.490 e. The summed E-state index contributed by atoms with van der Waals surface area (Å²) in [7, 11) is -1.59. The number of hydrogen-bond acceptors (Lipinski definition) is 4. The van der Waals surface area contributed by atoms with E-state index >= 15 is 0 Å². The quantitative estimate of drug-likeness (QED) is 0.572. The molecule has 4 nitrogen and oxygen atoms in total. The first-order valence-electron chi connectivity index (χ1n) is 3.93. The van der Waals surface area contributed by atoms with Gasteiger partial charge in [-0.25, -0.2) is 13.8 Å². The van der Waals surface area contributed by atoms with Crippen LogP contribution in [0.15, 0.2) is 18.3 Å². The maximum Gasteiger partial charge on any atom is 0.490 e. The molecule has 0 radical (unpaired) electrons.